The zero-order valence-corrected chi connectivity index (χ0v) is 16.6. The van der Waals surface area contributed by atoms with Crippen LogP contribution < -0.4 is 5.32 Å². The predicted molar refractivity (Wildman–Crippen MR) is 102 cm³/mol. The van der Waals surface area contributed by atoms with Crippen molar-refractivity contribution in [1.82, 2.24) is 15.1 Å². The molecule has 8 heteroatoms. The van der Waals surface area contributed by atoms with E-state index < -0.39 is 9.84 Å². The molecule has 0 aromatic rings. The van der Waals surface area contributed by atoms with Crippen molar-refractivity contribution in [2.45, 2.75) is 26.2 Å². The fourth-order valence-electron chi connectivity index (χ4n) is 3.26. The third-order valence-electron chi connectivity index (χ3n) is 5.02. The van der Waals surface area contributed by atoms with Gasteiger partial charge < -0.3 is 15.0 Å². The van der Waals surface area contributed by atoms with Gasteiger partial charge in [0, 0.05) is 53.0 Å². The van der Waals surface area contributed by atoms with Crippen molar-refractivity contribution in [3.8, 4) is 0 Å². The SMILES string of the molecule is CCNC(=NCCN1CCS(=O)(=O)CC1)N(C)CCC1CCOCC1. The van der Waals surface area contributed by atoms with Crippen LogP contribution in [0.4, 0.5) is 0 Å². The number of guanidine groups is 1. The van der Waals surface area contributed by atoms with Gasteiger partial charge in [-0.2, -0.15) is 0 Å². The Hall–Kier alpha value is -0.860. The maximum absolute atomic E-state index is 11.5. The molecule has 0 radical (unpaired) electrons. The number of sulfone groups is 1. The second kappa shape index (κ2) is 10.3. The topological polar surface area (TPSA) is 74.2 Å². The summed E-state index contributed by atoms with van der Waals surface area (Å²) in [5.41, 5.74) is 0. The first-order chi connectivity index (χ1) is 12.0. The van der Waals surface area contributed by atoms with Gasteiger partial charge in [-0.3, -0.25) is 9.89 Å². The first kappa shape index (κ1) is 20.5. The quantitative estimate of drug-likeness (QED) is 0.515. The molecule has 1 N–H and O–H groups in total. The third kappa shape index (κ3) is 7.50. The fourth-order valence-corrected chi connectivity index (χ4v) is 4.53. The minimum absolute atomic E-state index is 0.280. The molecule has 0 atom stereocenters. The number of nitrogens with one attached hydrogen (secondary N) is 1. The van der Waals surface area contributed by atoms with Gasteiger partial charge in [0.05, 0.1) is 18.1 Å². The Morgan fingerprint density at radius 1 is 1.28 bits per heavy atom. The lowest BCUT2D eigenvalue weighted by Gasteiger charge is -2.28. The summed E-state index contributed by atoms with van der Waals surface area (Å²) in [5, 5.41) is 3.36. The van der Waals surface area contributed by atoms with Gasteiger partial charge in [-0.25, -0.2) is 8.42 Å². The summed E-state index contributed by atoms with van der Waals surface area (Å²) in [6, 6.07) is 0. The summed E-state index contributed by atoms with van der Waals surface area (Å²) in [6.45, 7) is 8.50. The van der Waals surface area contributed by atoms with Crippen LogP contribution >= 0.6 is 0 Å². The molecule has 146 valence electrons. The Morgan fingerprint density at radius 2 is 1.96 bits per heavy atom. The number of hydrogen-bond acceptors (Lipinski definition) is 5. The zero-order valence-electron chi connectivity index (χ0n) is 15.7. The van der Waals surface area contributed by atoms with E-state index in [4.69, 9.17) is 9.73 Å². The molecule has 0 spiro atoms. The van der Waals surface area contributed by atoms with Gasteiger partial charge in [-0.05, 0) is 32.1 Å². The molecule has 2 rings (SSSR count). The average Bonchev–Trinajstić information content (AvgIpc) is 2.61. The van der Waals surface area contributed by atoms with E-state index >= 15 is 0 Å². The van der Waals surface area contributed by atoms with Crippen molar-refractivity contribution in [3.05, 3.63) is 0 Å². The maximum Gasteiger partial charge on any atom is 0.193 e. The summed E-state index contributed by atoms with van der Waals surface area (Å²) < 4.78 is 28.4. The number of nitrogens with zero attached hydrogens (tertiary/aromatic N) is 3. The molecular formula is C17H34N4O3S. The average molecular weight is 375 g/mol. The minimum atomic E-state index is -2.80. The molecule has 2 aliphatic rings. The van der Waals surface area contributed by atoms with E-state index in [-0.39, 0.29) is 11.5 Å². The third-order valence-corrected chi connectivity index (χ3v) is 6.63. The van der Waals surface area contributed by atoms with E-state index in [2.05, 4.69) is 29.1 Å². The molecule has 0 unspecified atom stereocenters. The van der Waals surface area contributed by atoms with Crippen LogP contribution in [0, 0.1) is 5.92 Å². The van der Waals surface area contributed by atoms with Crippen molar-refractivity contribution in [1.29, 1.82) is 0 Å². The lowest BCUT2D eigenvalue weighted by Crippen LogP contribution is -2.43. The Morgan fingerprint density at radius 3 is 2.60 bits per heavy atom. The van der Waals surface area contributed by atoms with Crippen LogP contribution in [-0.4, -0.2) is 95.2 Å². The lowest BCUT2D eigenvalue weighted by atomic mass is 9.96. The minimum Gasteiger partial charge on any atom is -0.381 e. The Kier molecular flexibility index (Phi) is 8.45. The van der Waals surface area contributed by atoms with Crippen LogP contribution in [-0.2, 0) is 14.6 Å². The second-order valence-corrected chi connectivity index (χ2v) is 9.30. The molecule has 0 aliphatic carbocycles. The first-order valence-corrected chi connectivity index (χ1v) is 11.3. The normalized spacial score (nSPS) is 22.7. The van der Waals surface area contributed by atoms with Gasteiger partial charge in [-0.1, -0.05) is 0 Å². The van der Waals surface area contributed by atoms with Gasteiger partial charge in [-0.15, -0.1) is 0 Å². The predicted octanol–water partition coefficient (Wildman–Crippen LogP) is 0.431. The van der Waals surface area contributed by atoms with Gasteiger partial charge in [0.25, 0.3) is 0 Å². The van der Waals surface area contributed by atoms with E-state index in [0.717, 1.165) is 44.7 Å². The number of aliphatic imine (C=N–C) groups is 1. The molecule has 2 saturated heterocycles. The highest BCUT2D eigenvalue weighted by Gasteiger charge is 2.21. The molecule has 2 aliphatic heterocycles. The van der Waals surface area contributed by atoms with Crippen molar-refractivity contribution >= 4 is 15.8 Å². The van der Waals surface area contributed by atoms with Crippen molar-refractivity contribution in [2.75, 3.05) is 71.0 Å². The molecule has 0 aromatic heterocycles. The molecule has 2 heterocycles. The van der Waals surface area contributed by atoms with E-state index in [1.807, 2.05) is 0 Å². The van der Waals surface area contributed by atoms with Gasteiger partial charge in [0.15, 0.2) is 15.8 Å². The van der Waals surface area contributed by atoms with Gasteiger partial charge >= 0.3 is 0 Å². The second-order valence-electron chi connectivity index (χ2n) is 7.00. The molecule has 0 amide bonds. The molecule has 0 bridgehead atoms. The van der Waals surface area contributed by atoms with Gasteiger partial charge in [0.1, 0.15) is 0 Å². The highest BCUT2D eigenvalue weighted by Crippen LogP contribution is 2.18. The summed E-state index contributed by atoms with van der Waals surface area (Å²) in [6.07, 6.45) is 3.51. The number of ether oxygens (including phenoxy) is 1. The lowest BCUT2D eigenvalue weighted by molar-refractivity contribution is 0.0625. The largest absolute Gasteiger partial charge is 0.381 e. The van der Waals surface area contributed by atoms with Crippen LogP contribution in [0.3, 0.4) is 0 Å². The Balaban J connectivity index is 1.74. The summed E-state index contributed by atoms with van der Waals surface area (Å²) >= 11 is 0. The van der Waals surface area contributed by atoms with E-state index in [1.54, 1.807) is 0 Å². The summed E-state index contributed by atoms with van der Waals surface area (Å²) in [5.74, 6) is 2.26. The molecule has 0 saturated carbocycles. The summed E-state index contributed by atoms with van der Waals surface area (Å²) in [4.78, 5) is 9.12. The standard InChI is InChI=1S/C17H34N4O3S/c1-3-18-17(20(2)8-4-16-5-12-24-13-6-16)19-7-9-21-10-14-25(22,23)15-11-21/h16H,3-15H2,1-2H3,(H,18,19). The van der Waals surface area contributed by atoms with Crippen molar-refractivity contribution in [3.63, 3.8) is 0 Å². The smallest absolute Gasteiger partial charge is 0.193 e. The number of rotatable bonds is 7. The zero-order chi connectivity index (χ0) is 18.1. The van der Waals surface area contributed by atoms with Crippen LogP contribution in [0.15, 0.2) is 4.99 Å². The maximum atomic E-state index is 11.5. The van der Waals surface area contributed by atoms with Crippen molar-refractivity contribution < 1.29 is 13.2 Å². The molecule has 25 heavy (non-hydrogen) atoms. The molecular weight excluding hydrogens is 340 g/mol. The fraction of sp³-hybridized carbons (Fsp3) is 0.941. The first-order valence-electron chi connectivity index (χ1n) is 9.50. The Bertz CT molecular complexity index is 504. The van der Waals surface area contributed by atoms with Crippen molar-refractivity contribution in [2.24, 2.45) is 10.9 Å². The van der Waals surface area contributed by atoms with Gasteiger partial charge in [0.2, 0.25) is 0 Å². The van der Waals surface area contributed by atoms with E-state index in [1.165, 1.54) is 19.3 Å². The van der Waals surface area contributed by atoms with E-state index in [0.29, 0.717) is 19.6 Å². The monoisotopic (exact) mass is 374 g/mol. The molecule has 0 aromatic carbocycles. The Labute approximate surface area is 152 Å². The van der Waals surface area contributed by atoms with E-state index in [9.17, 15) is 8.42 Å². The summed E-state index contributed by atoms with van der Waals surface area (Å²) in [7, 11) is -0.713. The number of hydrogen-bond donors (Lipinski definition) is 1. The highest BCUT2D eigenvalue weighted by atomic mass is 32.2. The van der Waals surface area contributed by atoms with Crippen LogP contribution in [0.1, 0.15) is 26.2 Å². The molecule has 7 nitrogen and oxygen atoms in total. The van der Waals surface area contributed by atoms with Crippen LogP contribution in [0.5, 0.6) is 0 Å². The highest BCUT2D eigenvalue weighted by molar-refractivity contribution is 7.91. The molecule has 2 fully saturated rings. The van der Waals surface area contributed by atoms with Crippen LogP contribution in [0.25, 0.3) is 0 Å². The van der Waals surface area contributed by atoms with Crippen LogP contribution in [0.2, 0.25) is 0 Å².